The maximum Gasteiger partial charge on any atom is 0.162 e. The lowest BCUT2D eigenvalue weighted by atomic mass is 10.00. The first kappa shape index (κ1) is 18.3. The minimum Gasteiger partial charge on any atom is -0.490 e. The van der Waals surface area contributed by atoms with Gasteiger partial charge in [-0.15, -0.1) is 0 Å². The average Bonchev–Trinajstić information content (AvgIpc) is 2.47. The number of halogens is 1. The average molecular weight is 358 g/mol. The van der Waals surface area contributed by atoms with Crippen LogP contribution in [0, 0.1) is 0 Å². The van der Waals surface area contributed by atoms with Crippen molar-refractivity contribution >= 4 is 15.9 Å². The maximum absolute atomic E-state index is 5.73. The Labute approximate surface area is 137 Å². The van der Waals surface area contributed by atoms with E-state index in [-0.39, 0.29) is 0 Å². The highest BCUT2D eigenvalue weighted by atomic mass is 79.9. The van der Waals surface area contributed by atoms with Gasteiger partial charge >= 0.3 is 0 Å². The van der Waals surface area contributed by atoms with Crippen molar-refractivity contribution in [1.29, 1.82) is 0 Å². The van der Waals surface area contributed by atoms with Crippen LogP contribution < -0.4 is 14.8 Å². The minimum absolute atomic E-state index is 0.334. The van der Waals surface area contributed by atoms with Crippen LogP contribution in [0.25, 0.3) is 0 Å². The number of nitrogens with one attached hydrogen (secondary N) is 1. The van der Waals surface area contributed by atoms with Gasteiger partial charge in [-0.25, -0.2) is 0 Å². The van der Waals surface area contributed by atoms with Crippen LogP contribution in [0.1, 0.15) is 58.1 Å². The van der Waals surface area contributed by atoms with Crippen molar-refractivity contribution < 1.29 is 9.47 Å². The molecule has 1 N–H and O–H groups in total. The van der Waals surface area contributed by atoms with Gasteiger partial charge in [-0.1, -0.05) is 42.1 Å². The van der Waals surface area contributed by atoms with Crippen molar-refractivity contribution in [2.45, 2.75) is 52.5 Å². The summed E-state index contributed by atoms with van der Waals surface area (Å²) in [7, 11) is 2.01. The predicted molar refractivity (Wildman–Crippen MR) is 92.4 cm³/mol. The van der Waals surface area contributed by atoms with E-state index in [0.717, 1.165) is 22.4 Å². The third-order valence-electron chi connectivity index (χ3n) is 3.48. The van der Waals surface area contributed by atoms with E-state index in [4.69, 9.17) is 9.47 Å². The zero-order valence-electron chi connectivity index (χ0n) is 13.7. The maximum atomic E-state index is 5.73. The molecule has 0 aliphatic carbocycles. The number of hydrogen-bond acceptors (Lipinski definition) is 3. The van der Waals surface area contributed by atoms with Gasteiger partial charge in [0.2, 0.25) is 0 Å². The van der Waals surface area contributed by atoms with E-state index in [2.05, 4.69) is 34.2 Å². The lowest BCUT2D eigenvalue weighted by molar-refractivity contribution is 0.287. The van der Waals surface area contributed by atoms with Crippen molar-refractivity contribution in [2.24, 2.45) is 0 Å². The molecule has 0 amide bonds. The number of hydrogen-bond donors (Lipinski definition) is 1. The molecule has 1 aromatic carbocycles. The topological polar surface area (TPSA) is 30.5 Å². The van der Waals surface area contributed by atoms with Gasteiger partial charge in [0.25, 0.3) is 0 Å². The molecule has 21 heavy (non-hydrogen) atoms. The van der Waals surface area contributed by atoms with Gasteiger partial charge < -0.3 is 14.8 Å². The first-order valence-electron chi connectivity index (χ1n) is 7.94. The molecular weight excluding hydrogens is 330 g/mol. The van der Waals surface area contributed by atoms with E-state index in [1.807, 2.05) is 27.0 Å². The molecular formula is C17H28BrNO2. The fourth-order valence-electron chi connectivity index (χ4n) is 2.41. The van der Waals surface area contributed by atoms with Gasteiger partial charge in [0.05, 0.1) is 13.2 Å². The van der Waals surface area contributed by atoms with E-state index < -0.39 is 0 Å². The highest BCUT2D eigenvalue weighted by Gasteiger charge is 2.17. The van der Waals surface area contributed by atoms with Gasteiger partial charge in [-0.2, -0.15) is 0 Å². The Morgan fingerprint density at radius 2 is 1.67 bits per heavy atom. The summed E-state index contributed by atoms with van der Waals surface area (Å²) in [4.78, 5) is 0. The molecule has 1 rings (SSSR count). The molecule has 120 valence electrons. The van der Waals surface area contributed by atoms with Crippen molar-refractivity contribution in [3.05, 3.63) is 22.2 Å². The van der Waals surface area contributed by atoms with Crippen LogP contribution in [0.4, 0.5) is 0 Å². The Morgan fingerprint density at radius 3 is 2.19 bits per heavy atom. The number of ether oxygens (including phenoxy) is 2. The van der Waals surface area contributed by atoms with E-state index in [1.165, 1.54) is 24.8 Å². The van der Waals surface area contributed by atoms with Crippen LogP contribution in [0.15, 0.2) is 16.6 Å². The van der Waals surface area contributed by atoms with Crippen LogP contribution in [-0.2, 0) is 0 Å². The van der Waals surface area contributed by atoms with Crippen molar-refractivity contribution in [2.75, 3.05) is 20.3 Å². The molecule has 0 heterocycles. The highest BCUT2D eigenvalue weighted by molar-refractivity contribution is 9.10. The molecule has 0 aliphatic rings. The van der Waals surface area contributed by atoms with E-state index in [9.17, 15) is 0 Å². The SMILES string of the molecule is CCCCCC(NC)c1cc(OCC)c(OCC)cc1Br. The van der Waals surface area contributed by atoms with Gasteiger partial charge in [0, 0.05) is 10.5 Å². The first-order valence-corrected chi connectivity index (χ1v) is 8.73. The standard InChI is InChI=1S/C17H28BrNO2/c1-5-8-9-10-15(19-4)13-11-16(20-6-2)17(21-7-3)12-14(13)18/h11-12,15,19H,5-10H2,1-4H3. The summed E-state index contributed by atoms with van der Waals surface area (Å²) < 4.78 is 12.5. The smallest absolute Gasteiger partial charge is 0.162 e. The fourth-order valence-corrected chi connectivity index (χ4v) is 3.01. The van der Waals surface area contributed by atoms with Crippen molar-refractivity contribution in [3.63, 3.8) is 0 Å². The molecule has 0 saturated carbocycles. The fraction of sp³-hybridized carbons (Fsp3) is 0.647. The van der Waals surface area contributed by atoms with Gasteiger partial charge in [0.15, 0.2) is 11.5 Å². The van der Waals surface area contributed by atoms with Crippen LogP contribution in [0.2, 0.25) is 0 Å². The predicted octanol–water partition coefficient (Wildman–Crippen LogP) is 5.09. The quantitative estimate of drug-likeness (QED) is 0.591. The number of benzene rings is 1. The molecule has 1 aromatic rings. The Bertz CT molecular complexity index is 423. The lowest BCUT2D eigenvalue weighted by Gasteiger charge is -2.21. The number of rotatable bonds is 10. The molecule has 3 nitrogen and oxygen atoms in total. The van der Waals surface area contributed by atoms with Gasteiger partial charge in [-0.3, -0.25) is 0 Å². The summed E-state index contributed by atoms with van der Waals surface area (Å²) in [6.07, 6.45) is 4.87. The summed E-state index contributed by atoms with van der Waals surface area (Å²) in [5.41, 5.74) is 1.24. The zero-order valence-corrected chi connectivity index (χ0v) is 15.3. The summed E-state index contributed by atoms with van der Waals surface area (Å²) >= 11 is 3.68. The minimum atomic E-state index is 0.334. The molecule has 0 radical (unpaired) electrons. The molecule has 0 spiro atoms. The van der Waals surface area contributed by atoms with Crippen molar-refractivity contribution in [1.82, 2.24) is 5.32 Å². The molecule has 0 fully saturated rings. The highest BCUT2D eigenvalue weighted by Crippen LogP contribution is 2.37. The van der Waals surface area contributed by atoms with Crippen LogP contribution in [-0.4, -0.2) is 20.3 Å². The molecule has 4 heteroatoms. The third kappa shape index (κ3) is 5.51. The van der Waals surface area contributed by atoms with Crippen LogP contribution in [0.3, 0.4) is 0 Å². The Morgan fingerprint density at radius 1 is 1.05 bits per heavy atom. The monoisotopic (exact) mass is 357 g/mol. The normalized spacial score (nSPS) is 12.2. The lowest BCUT2D eigenvalue weighted by Crippen LogP contribution is -2.17. The second-order valence-corrected chi connectivity index (χ2v) is 5.88. The van der Waals surface area contributed by atoms with E-state index in [1.54, 1.807) is 0 Å². The van der Waals surface area contributed by atoms with Crippen molar-refractivity contribution in [3.8, 4) is 11.5 Å². The summed E-state index contributed by atoms with van der Waals surface area (Å²) in [5, 5.41) is 3.41. The zero-order chi connectivity index (χ0) is 15.7. The summed E-state index contributed by atoms with van der Waals surface area (Å²) in [5.74, 6) is 1.63. The van der Waals surface area contributed by atoms with E-state index >= 15 is 0 Å². The van der Waals surface area contributed by atoms with E-state index in [0.29, 0.717) is 19.3 Å². The van der Waals surface area contributed by atoms with Gasteiger partial charge in [-0.05, 0) is 45.0 Å². The summed E-state index contributed by atoms with van der Waals surface area (Å²) in [6, 6.07) is 4.46. The van der Waals surface area contributed by atoms with Crippen LogP contribution >= 0.6 is 15.9 Å². The molecule has 0 aliphatic heterocycles. The Kier molecular flexibility index (Phi) is 8.77. The largest absolute Gasteiger partial charge is 0.490 e. The third-order valence-corrected chi connectivity index (χ3v) is 4.17. The Balaban J connectivity index is 3.00. The molecule has 0 bridgehead atoms. The first-order chi connectivity index (χ1) is 10.2. The summed E-state index contributed by atoms with van der Waals surface area (Å²) in [6.45, 7) is 7.49. The van der Waals surface area contributed by atoms with Gasteiger partial charge in [0.1, 0.15) is 0 Å². The second kappa shape index (κ2) is 10.1. The molecule has 1 unspecified atom stereocenters. The van der Waals surface area contributed by atoms with Crippen LogP contribution in [0.5, 0.6) is 11.5 Å². The number of unbranched alkanes of at least 4 members (excludes halogenated alkanes) is 2. The Hall–Kier alpha value is -0.740. The molecule has 0 aromatic heterocycles. The molecule has 1 atom stereocenters. The second-order valence-electron chi connectivity index (χ2n) is 5.02. The molecule has 0 saturated heterocycles.